The Bertz CT molecular complexity index is 780. The van der Waals surface area contributed by atoms with E-state index < -0.39 is 0 Å². The lowest BCUT2D eigenvalue weighted by atomic mass is 9.96. The van der Waals surface area contributed by atoms with E-state index in [4.69, 9.17) is 0 Å². The molecule has 0 heteroatoms. The van der Waals surface area contributed by atoms with Crippen LogP contribution in [0.25, 0.3) is 6.08 Å². The zero-order chi connectivity index (χ0) is 25.7. The van der Waals surface area contributed by atoms with Gasteiger partial charge < -0.3 is 0 Å². The van der Waals surface area contributed by atoms with Crippen LogP contribution in [0.5, 0.6) is 0 Å². The van der Waals surface area contributed by atoms with E-state index in [9.17, 15) is 0 Å². The molecule has 0 spiro atoms. The first-order valence-electron chi connectivity index (χ1n) is 15.6. The molecule has 0 amide bonds. The zero-order valence-electron chi connectivity index (χ0n) is 24.1. The van der Waals surface area contributed by atoms with Gasteiger partial charge in [0, 0.05) is 0 Å². The number of rotatable bonds is 21. The third-order valence-electron chi connectivity index (χ3n) is 7.70. The monoisotopic (exact) mass is 488 g/mol. The molecule has 200 valence electrons. The number of allylic oxidation sites excluding steroid dienone is 1. The van der Waals surface area contributed by atoms with Crippen molar-refractivity contribution in [2.24, 2.45) is 0 Å². The average Bonchev–Trinajstić information content (AvgIpc) is 2.91. The van der Waals surface area contributed by atoms with Gasteiger partial charge in [0.25, 0.3) is 0 Å². The summed E-state index contributed by atoms with van der Waals surface area (Å²) in [4.78, 5) is 0. The summed E-state index contributed by atoms with van der Waals surface area (Å²) in [5.74, 6) is 0.444. The summed E-state index contributed by atoms with van der Waals surface area (Å²) in [6.45, 7) is 6.89. The van der Waals surface area contributed by atoms with Crippen LogP contribution in [0, 0.1) is 0 Å². The highest BCUT2D eigenvalue weighted by molar-refractivity contribution is 5.51. The summed E-state index contributed by atoms with van der Waals surface area (Å²) < 4.78 is 0. The molecule has 2 rings (SSSR count). The number of hydrogen-bond donors (Lipinski definition) is 0. The smallest absolute Gasteiger partial charge is 0.000710 e. The van der Waals surface area contributed by atoms with Crippen LogP contribution in [0.15, 0.2) is 54.6 Å². The highest BCUT2D eigenvalue weighted by Gasteiger charge is 2.03. The molecule has 2 aromatic rings. The van der Waals surface area contributed by atoms with Crippen molar-refractivity contribution < 1.29 is 0 Å². The number of aryl methyl sites for hydroxylation is 2. The van der Waals surface area contributed by atoms with Gasteiger partial charge in [-0.2, -0.15) is 0 Å². The Morgan fingerprint density at radius 3 is 1.33 bits per heavy atom. The standard InChI is InChI=1S/C36H56/c1-4-6-8-10-12-14-16-18-20-33-24-26-35(27-25-33)23-22-32(3)36-30-28-34(29-31-36)21-19-17-15-13-11-9-7-5-2/h22-32H,4-21H2,1-3H3. The van der Waals surface area contributed by atoms with Crippen molar-refractivity contribution in [1.29, 1.82) is 0 Å². The van der Waals surface area contributed by atoms with Crippen molar-refractivity contribution >= 4 is 6.08 Å². The minimum Gasteiger partial charge on any atom is -0.0767 e. The van der Waals surface area contributed by atoms with Gasteiger partial charge in [0.1, 0.15) is 0 Å². The second kappa shape index (κ2) is 20.3. The Hall–Kier alpha value is -1.82. The van der Waals surface area contributed by atoms with Gasteiger partial charge in [-0.15, -0.1) is 0 Å². The molecule has 0 bridgehead atoms. The van der Waals surface area contributed by atoms with Crippen molar-refractivity contribution in [3.8, 4) is 0 Å². The van der Waals surface area contributed by atoms with Gasteiger partial charge in [-0.3, -0.25) is 0 Å². The normalized spacial score (nSPS) is 12.4. The van der Waals surface area contributed by atoms with E-state index in [2.05, 4.69) is 81.5 Å². The van der Waals surface area contributed by atoms with Crippen LogP contribution >= 0.6 is 0 Å². The molecule has 0 nitrogen and oxygen atoms in total. The predicted octanol–water partition coefficient (Wildman–Crippen LogP) is 11.9. The summed E-state index contributed by atoms with van der Waals surface area (Å²) in [6.07, 6.45) is 29.4. The SMILES string of the molecule is CCCCCCCCCCc1ccc(C=CC(C)c2ccc(CCCCCCCCCC)cc2)cc1. The van der Waals surface area contributed by atoms with Gasteiger partial charge in [-0.1, -0.05) is 171 Å². The fourth-order valence-corrected chi connectivity index (χ4v) is 5.08. The van der Waals surface area contributed by atoms with E-state index in [0.717, 1.165) is 0 Å². The lowest BCUT2D eigenvalue weighted by Gasteiger charge is -2.09. The van der Waals surface area contributed by atoms with Gasteiger partial charge in [0.05, 0.1) is 0 Å². The molecule has 0 fully saturated rings. The van der Waals surface area contributed by atoms with E-state index in [1.54, 1.807) is 0 Å². The molecule has 0 saturated carbocycles. The van der Waals surface area contributed by atoms with Crippen LogP contribution in [0.4, 0.5) is 0 Å². The number of unbranched alkanes of at least 4 members (excludes halogenated alkanes) is 14. The Balaban J connectivity index is 1.63. The average molecular weight is 489 g/mol. The van der Waals surface area contributed by atoms with Gasteiger partial charge in [0.2, 0.25) is 0 Å². The fraction of sp³-hybridized carbons (Fsp3) is 0.611. The van der Waals surface area contributed by atoms with Crippen LogP contribution in [-0.2, 0) is 12.8 Å². The first kappa shape index (κ1) is 30.4. The predicted molar refractivity (Wildman–Crippen MR) is 163 cm³/mol. The van der Waals surface area contributed by atoms with Crippen molar-refractivity contribution in [1.82, 2.24) is 0 Å². The topological polar surface area (TPSA) is 0 Å². The molecule has 0 aliphatic rings. The second-order valence-corrected chi connectivity index (χ2v) is 11.1. The van der Waals surface area contributed by atoms with E-state index in [0.29, 0.717) is 5.92 Å². The quantitative estimate of drug-likeness (QED) is 0.153. The van der Waals surface area contributed by atoms with E-state index in [1.807, 2.05) is 0 Å². The van der Waals surface area contributed by atoms with Gasteiger partial charge >= 0.3 is 0 Å². The Morgan fingerprint density at radius 2 is 0.889 bits per heavy atom. The van der Waals surface area contributed by atoms with Crippen LogP contribution in [0.2, 0.25) is 0 Å². The van der Waals surface area contributed by atoms with E-state index >= 15 is 0 Å². The molecule has 0 aliphatic carbocycles. The molecule has 0 aliphatic heterocycles. The molecule has 0 heterocycles. The number of hydrogen-bond acceptors (Lipinski definition) is 0. The highest BCUT2D eigenvalue weighted by atomic mass is 14.1. The molecule has 0 N–H and O–H groups in total. The molecule has 1 atom stereocenters. The van der Waals surface area contributed by atoms with E-state index in [-0.39, 0.29) is 0 Å². The maximum Gasteiger partial charge on any atom is -0.000710 e. The van der Waals surface area contributed by atoms with Gasteiger partial charge in [0.15, 0.2) is 0 Å². The van der Waals surface area contributed by atoms with Crippen molar-refractivity contribution in [2.75, 3.05) is 0 Å². The maximum absolute atomic E-state index is 2.35. The fourth-order valence-electron chi connectivity index (χ4n) is 5.08. The largest absolute Gasteiger partial charge is 0.0767 e. The minimum atomic E-state index is 0.444. The lowest BCUT2D eigenvalue weighted by molar-refractivity contribution is 0.575. The van der Waals surface area contributed by atoms with Crippen molar-refractivity contribution in [2.45, 2.75) is 142 Å². The summed E-state index contributed by atoms with van der Waals surface area (Å²) in [5.41, 5.74) is 5.70. The number of benzene rings is 2. The van der Waals surface area contributed by atoms with Crippen LogP contribution in [0.1, 0.15) is 152 Å². The zero-order valence-corrected chi connectivity index (χ0v) is 24.1. The molecule has 0 saturated heterocycles. The van der Waals surface area contributed by atoms with Crippen molar-refractivity contribution in [3.05, 3.63) is 76.9 Å². The van der Waals surface area contributed by atoms with Crippen molar-refractivity contribution in [3.63, 3.8) is 0 Å². The molecule has 1 unspecified atom stereocenters. The Morgan fingerprint density at radius 1 is 0.500 bits per heavy atom. The summed E-state index contributed by atoms with van der Waals surface area (Å²) in [6, 6.07) is 18.6. The third kappa shape index (κ3) is 14.1. The maximum atomic E-state index is 2.35. The second-order valence-electron chi connectivity index (χ2n) is 11.1. The van der Waals surface area contributed by atoms with E-state index in [1.165, 1.54) is 138 Å². The highest BCUT2D eigenvalue weighted by Crippen LogP contribution is 2.20. The van der Waals surface area contributed by atoms with Crippen LogP contribution in [-0.4, -0.2) is 0 Å². The minimum absolute atomic E-state index is 0.444. The Labute approximate surface area is 225 Å². The first-order chi connectivity index (χ1) is 17.7. The summed E-state index contributed by atoms with van der Waals surface area (Å²) in [7, 11) is 0. The molecular weight excluding hydrogens is 432 g/mol. The molecule has 2 aromatic carbocycles. The first-order valence-corrected chi connectivity index (χ1v) is 15.6. The Kier molecular flexibility index (Phi) is 17.1. The molecule has 36 heavy (non-hydrogen) atoms. The molecule has 0 radical (unpaired) electrons. The van der Waals surface area contributed by atoms with Crippen LogP contribution in [0.3, 0.4) is 0 Å². The van der Waals surface area contributed by atoms with Crippen LogP contribution < -0.4 is 0 Å². The lowest BCUT2D eigenvalue weighted by Crippen LogP contribution is -1.92. The van der Waals surface area contributed by atoms with Gasteiger partial charge in [-0.25, -0.2) is 0 Å². The molecular formula is C36H56. The summed E-state index contributed by atoms with van der Waals surface area (Å²) in [5, 5.41) is 0. The molecule has 0 aromatic heterocycles. The third-order valence-corrected chi connectivity index (χ3v) is 7.70. The summed E-state index contributed by atoms with van der Waals surface area (Å²) >= 11 is 0. The van der Waals surface area contributed by atoms with Gasteiger partial charge in [-0.05, 0) is 53.9 Å².